The molecule has 0 aliphatic carbocycles. The topological polar surface area (TPSA) is 0 Å². The van der Waals surface area contributed by atoms with Gasteiger partial charge < -0.3 is 0 Å². The van der Waals surface area contributed by atoms with Crippen molar-refractivity contribution >= 4 is 10.2 Å². The third kappa shape index (κ3) is 9.96. The summed E-state index contributed by atoms with van der Waals surface area (Å²) in [5.41, 5.74) is 0. The Bertz CT molecular complexity index is 89.0. The van der Waals surface area contributed by atoms with Crippen LogP contribution in [0.4, 0.5) is 0 Å². The van der Waals surface area contributed by atoms with Gasteiger partial charge >= 0.3 is 0 Å². The molecule has 0 fully saturated rings. The Morgan fingerprint density at radius 3 is 1.83 bits per heavy atom. The minimum Gasteiger partial charge on any atom is -0.103 e. The van der Waals surface area contributed by atoms with Crippen LogP contribution in [-0.2, 0) is 0 Å². The van der Waals surface area contributed by atoms with E-state index in [1.807, 2.05) is 6.08 Å². The van der Waals surface area contributed by atoms with E-state index in [1.54, 1.807) is 0 Å². The van der Waals surface area contributed by atoms with Gasteiger partial charge in [-0.05, 0) is 12.8 Å². The summed E-state index contributed by atoms with van der Waals surface area (Å²) in [5.74, 6) is 0. The van der Waals surface area contributed by atoms with Gasteiger partial charge in [0.2, 0.25) is 0 Å². The predicted molar refractivity (Wildman–Crippen MR) is 57.7 cm³/mol. The molecule has 0 atom stereocenters. The van der Waals surface area contributed by atoms with Gasteiger partial charge in [-0.15, -0.1) is 6.58 Å². The SMILES string of the molecule is C=CCCCCCCCCC[Si]. The smallest absolute Gasteiger partial charge is 0.0222 e. The summed E-state index contributed by atoms with van der Waals surface area (Å²) in [4.78, 5) is 0. The molecule has 0 saturated carbocycles. The van der Waals surface area contributed by atoms with Gasteiger partial charge in [-0.25, -0.2) is 0 Å². The lowest BCUT2D eigenvalue weighted by atomic mass is 10.1. The molecule has 0 amide bonds. The van der Waals surface area contributed by atoms with E-state index < -0.39 is 0 Å². The van der Waals surface area contributed by atoms with Gasteiger partial charge in [-0.1, -0.05) is 50.6 Å². The first-order valence-electron chi connectivity index (χ1n) is 5.17. The average Bonchev–Trinajstić information content (AvgIpc) is 2.10. The van der Waals surface area contributed by atoms with Crippen LogP contribution in [0.15, 0.2) is 12.7 Å². The Balaban J connectivity index is 2.77. The van der Waals surface area contributed by atoms with E-state index in [0.717, 1.165) is 6.04 Å². The predicted octanol–water partition coefficient (Wildman–Crippen LogP) is 3.88. The van der Waals surface area contributed by atoms with Gasteiger partial charge in [0, 0.05) is 10.2 Å². The maximum Gasteiger partial charge on any atom is 0.0222 e. The summed E-state index contributed by atoms with van der Waals surface area (Å²) >= 11 is 0. The molecule has 12 heavy (non-hydrogen) atoms. The minimum atomic E-state index is 1.16. The van der Waals surface area contributed by atoms with Gasteiger partial charge in [0.25, 0.3) is 0 Å². The molecule has 3 radical (unpaired) electrons. The van der Waals surface area contributed by atoms with Gasteiger partial charge in [0.05, 0.1) is 0 Å². The summed E-state index contributed by atoms with van der Waals surface area (Å²) in [6.45, 7) is 3.71. The summed E-state index contributed by atoms with van der Waals surface area (Å²) in [7, 11) is 3.49. The van der Waals surface area contributed by atoms with Gasteiger partial charge in [0.15, 0.2) is 0 Å². The first-order valence-corrected chi connectivity index (χ1v) is 5.88. The molecule has 0 nitrogen and oxygen atoms in total. The fraction of sp³-hybridized carbons (Fsp3) is 0.818. The van der Waals surface area contributed by atoms with Crippen LogP contribution in [0.1, 0.15) is 51.4 Å². The maximum atomic E-state index is 3.71. The second-order valence-corrected chi connectivity index (χ2v) is 3.80. The van der Waals surface area contributed by atoms with Crippen LogP contribution in [0.2, 0.25) is 6.04 Å². The number of rotatable bonds is 9. The van der Waals surface area contributed by atoms with Crippen molar-refractivity contribution in [3.8, 4) is 0 Å². The standard InChI is InChI=1S/C11H21Si/c1-2-3-4-5-6-7-8-9-10-11-12/h2H,1,3-11H2. The lowest BCUT2D eigenvalue weighted by Crippen LogP contribution is -1.80. The molecular weight excluding hydrogens is 160 g/mol. The van der Waals surface area contributed by atoms with E-state index in [-0.39, 0.29) is 0 Å². The van der Waals surface area contributed by atoms with Crippen LogP contribution in [-0.4, -0.2) is 10.2 Å². The molecule has 1 heteroatoms. The lowest BCUT2D eigenvalue weighted by Gasteiger charge is -1.99. The number of hydrogen-bond acceptors (Lipinski definition) is 0. The van der Waals surface area contributed by atoms with Crippen LogP contribution >= 0.6 is 0 Å². The Labute approximate surface area is 80.9 Å². The van der Waals surface area contributed by atoms with Crippen molar-refractivity contribution in [2.45, 2.75) is 57.4 Å². The van der Waals surface area contributed by atoms with E-state index in [1.165, 1.54) is 51.4 Å². The molecule has 0 spiro atoms. The average molecular weight is 181 g/mol. The molecule has 0 rings (SSSR count). The number of allylic oxidation sites excluding steroid dienone is 1. The highest BCUT2D eigenvalue weighted by Crippen LogP contribution is 2.09. The Kier molecular flexibility index (Phi) is 10.9. The molecule has 0 aliphatic heterocycles. The number of unbranched alkanes of at least 4 members (excludes halogenated alkanes) is 7. The van der Waals surface area contributed by atoms with Crippen LogP contribution in [0.5, 0.6) is 0 Å². The second-order valence-electron chi connectivity index (χ2n) is 3.30. The van der Waals surface area contributed by atoms with E-state index >= 15 is 0 Å². The van der Waals surface area contributed by atoms with Crippen molar-refractivity contribution in [3.05, 3.63) is 12.7 Å². The van der Waals surface area contributed by atoms with Gasteiger partial charge in [-0.2, -0.15) is 0 Å². The molecule has 0 aromatic carbocycles. The monoisotopic (exact) mass is 181 g/mol. The summed E-state index contributed by atoms with van der Waals surface area (Å²) in [6.07, 6.45) is 12.9. The van der Waals surface area contributed by atoms with Crippen LogP contribution < -0.4 is 0 Å². The molecule has 69 valence electrons. The zero-order valence-electron chi connectivity index (χ0n) is 8.15. The molecule has 0 aromatic heterocycles. The molecular formula is C11H21Si. The maximum absolute atomic E-state index is 3.71. The molecule has 0 unspecified atom stereocenters. The largest absolute Gasteiger partial charge is 0.103 e. The Morgan fingerprint density at radius 2 is 1.33 bits per heavy atom. The zero-order valence-corrected chi connectivity index (χ0v) is 9.15. The highest BCUT2D eigenvalue weighted by Gasteiger charge is 1.89. The van der Waals surface area contributed by atoms with Crippen molar-refractivity contribution in [3.63, 3.8) is 0 Å². The summed E-state index contributed by atoms with van der Waals surface area (Å²) in [6, 6.07) is 1.16. The van der Waals surface area contributed by atoms with Crippen molar-refractivity contribution in [2.75, 3.05) is 0 Å². The first kappa shape index (κ1) is 12.0. The fourth-order valence-corrected chi connectivity index (χ4v) is 1.55. The van der Waals surface area contributed by atoms with Gasteiger partial charge in [-0.3, -0.25) is 0 Å². The van der Waals surface area contributed by atoms with Crippen LogP contribution in [0.25, 0.3) is 0 Å². The molecule has 0 N–H and O–H groups in total. The third-order valence-corrected chi connectivity index (χ3v) is 2.44. The third-order valence-electron chi connectivity index (χ3n) is 2.09. The molecule has 0 aliphatic rings. The lowest BCUT2D eigenvalue weighted by molar-refractivity contribution is 0.592. The van der Waals surface area contributed by atoms with Crippen LogP contribution in [0.3, 0.4) is 0 Å². The van der Waals surface area contributed by atoms with Gasteiger partial charge in [0.1, 0.15) is 0 Å². The summed E-state index contributed by atoms with van der Waals surface area (Å²) in [5, 5.41) is 0. The van der Waals surface area contributed by atoms with E-state index in [2.05, 4.69) is 16.8 Å². The quantitative estimate of drug-likeness (QED) is 0.288. The van der Waals surface area contributed by atoms with Crippen molar-refractivity contribution < 1.29 is 0 Å². The van der Waals surface area contributed by atoms with E-state index in [4.69, 9.17) is 0 Å². The summed E-state index contributed by atoms with van der Waals surface area (Å²) < 4.78 is 0. The Hall–Kier alpha value is -0.0431. The molecule has 0 heterocycles. The molecule has 0 bridgehead atoms. The van der Waals surface area contributed by atoms with Crippen LogP contribution in [0, 0.1) is 0 Å². The molecule has 0 saturated heterocycles. The van der Waals surface area contributed by atoms with Crippen molar-refractivity contribution in [1.82, 2.24) is 0 Å². The second kappa shape index (κ2) is 11.0. The molecule has 0 aromatic rings. The Morgan fingerprint density at radius 1 is 0.833 bits per heavy atom. The van der Waals surface area contributed by atoms with Crippen molar-refractivity contribution in [2.24, 2.45) is 0 Å². The first-order chi connectivity index (χ1) is 5.91. The highest BCUT2D eigenvalue weighted by atomic mass is 28.1. The fourth-order valence-electron chi connectivity index (χ4n) is 1.30. The highest BCUT2D eigenvalue weighted by molar-refractivity contribution is 6.08. The van der Waals surface area contributed by atoms with E-state index in [0.29, 0.717) is 0 Å². The number of hydrogen-bond donors (Lipinski definition) is 0. The normalized spacial score (nSPS) is 10.1. The van der Waals surface area contributed by atoms with Crippen molar-refractivity contribution in [1.29, 1.82) is 0 Å². The zero-order chi connectivity index (χ0) is 9.07. The minimum absolute atomic E-state index is 1.16. The van der Waals surface area contributed by atoms with E-state index in [9.17, 15) is 0 Å².